The Bertz CT molecular complexity index is 1910. The van der Waals surface area contributed by atoms with Gasteiger partial charge in [0.25, 0.3) is 11.2 Å². The first-order valence-corrected chi connectivity index (χ1v) is 14.8. The fraction of sp³-hybridized carbons (Fsp3) is 0.194. The maximum absolute atomic E-state index is 13.8. The van der Waals surface area contributed by atoms with Crippen molar-refractivity contribution in [2.24, 2.45) is 4.99 Å². The number of carbonyl (C=O) groups is 1. The predicted molar refractivity (Wildman–Crippen MR) is 165 cm³/mol. The number of thiazole rings is 1. The second kappa shape index (κ2) is 12.8. The standard InChI is InChI=1S/C31H26BrN3O7S/c1-4-41-30(37)27-18(2)33-31-34(28(27)21-8-10-22(32)11-9-21)29(36)26(43-31)16-20-7-14-24(25(15-20)40-3)42-17-19-5-12-23(13-6-19)35(38)39/h5-16,28H,4,17H2,1-3H3/b26-16-/t28-/m0/s1. The monoisotopic (exact) mass is 663 g/mol. The van der Waals surface area contributed by atoms with E-state index < -0.39 is 16.9 Å². The first-order chi connectivity index (χ1) is 20.7. The molecule has 0 spiro atoms. The SMILES string of the molecule is CCOC(=O)C1=C(C)N=c2s/c(=C\c3ccc(OCc4ccc([N+](=O)[O-])cc4)c(OC)c3)c(=O)n2[C@H]1c1ccc(Br)cc1. The van der Waals surface area contributed by atoms with Crippen LogP contribution in [0.3, 0.4) is 0 Å². The Balaban J connectivity index is 1.50. The number of ether oxygens (including phenoxy) is 3. The summed E-state index contributed by atoms with van der Waals surface area (Å²) in [6, 6.07) is 18.2. The summed E-state index contributed by atoms with van der Waals surface area (Å²) in [5.41, 5.74) is 2.75. The molecular formula is C31H26BrN3O7S. The summed E-state index contributed by atoms with van der Waals surface area (Å²) in [5.74, 6) is 0.418. The molecule has 0 saturated heterocycles. The average Bonchev–Trinajstić information content (AvgIpc) is 3.30. The zero-order chi connectivity index (χ0) is 30.7. The van der Waals surface area contributed by atoms with Crippen LogP contribution < -0.4 is 24.4 Å². The van der Waals surface area contributed by atoms with Crippen molar-refractivity contribution < 1.29 is 23.9 Å². The van der Waals surface area contributed by atoms with Gasteiger partial charge in [0.15, 0.2) is 16.3 Å². The third-order valence-electron chi connectivity index (χ3n) is 6.73. The third kappa shape index (κ3) is 6.30. The lowest BCUT2D eigenvalue weighted by atomic mass is 9.96. The van der Waals surface area contributed by atoms with Gasteiger partial charge in [-0.15, -0.1) is 0 Å². The van der Waals surface area contributed by atoms with Crippen LogP contribution in [0.5, 0.6) is 11.5 Å². The summed E-state index contributed by atoms with van der Waals surface area (Å²) < 4.78 is 19.6. The first kappa shape index (κ1) is 29.9. The van der Waals surface area contributed by atoms with Gasteiger partial charge >= 0.3 is 5.97 Å². The van der Waals surface area contributed by atoms with Gasteiger partial charge in [0, 0.05) is 16.6 Å². The molecule has 0 N–H and O–H groups in total. The summed E-state index contributed by atoms with van der Waals surface area (Å²) in [4.78, 5) is 42.4. The fourth-order valence-electron chi connectivity index (χ4n) is 4.67. The number of allylic oxidation sites excluding steroid dienone is 1. The van der Waals surface area contributed by atoms with Crippen LogP contribution in [-0.2, 0) is 16.1 Å². The van der Waals surface area contributed by atoms with Crippen molar-refractivity contribution in [2.45, 2.75) is 26.5 Å². The number of nitro benzene ring substituents is 1. The molecule has 5 rings (SSSR count). The minimum absolute atomic E-state index is 0.00593. The second-order valence-electron chi connectivity index (χ2n) is 9.48. The highest BCUT2D eigenvalue weighted by Crippen LogP contribution is 2.32. The number of esters is 1. The van der Waals surface area contributed by atoms with E-state index in [1.807, 2.05) is 24.3 Å². The molecule has 2 heterocycles. The van der Waals surface area contributed by atoms with Crippen molar-refractivity contribution in [1.82, 2.24) is 4.57 Å². The summed E-state index contributed by atoms with van der Waals surface area (Å²) in [6.45, 7) is 3.86. The van der Waals surface area contributed by atoms with Gasteiger partial charge in [0.2, 0.25) is 0 Å². The molecule has 0 amide bonds. The number of hydrogen-bond donors (Lipinski definition) is 0. The van der Waals surface area contributed by atoms with Gasteiger partial charge in [0.1, 0.15) is 6.61 Å². The molecule has 0 bridgehead atoms. The lowest BCUT2D eigenvalue weighted by Gasteiger charge is -2.24. The first-order valence-electron chi connectivity index (χ1n) is 13.2. The van der Waals surface area contributed by atoms with Crippen LogP contribution in [0.15, 0.2) is 92.3 Å². The molecule has 0 saturated carbocycles. The number of nitro groups is 1. The van der Waals surface area contributed by atoms with Crippen LogP contribution in [0, 0.1) is 10.1 Å². The van der Waals surface area contributed by atoms with Crippen molar-refractivity contribution in [3.63, 3.8) is 0 Å². The van der Waals surface area contributed by atoms with Gasteiger partial charge in [-0.2, -0.15) is 0 Å². The average molecular weight is 665 g/mol. The number of rotatable bonds is 9. The number of aromatic nitrogens is 1. The van der Waals surface area contributed by atoms with Gasteiger partial charge in [-0.05, 0) is 73.0 Å². The molecule has 10 nitrogen and oxygen atoms in total. The van der Waals surface area contributed by atoms with E-state index in [1.165, 1.54) is 35.1 Å². The summed E-state index contributed by atoms with van der Waals surface area (Å²) in [5, 5.41) is 10.9. The molecule has 0 fully saturated rings. The Kier molecular flexibility index (Phi) is 8.88. The molecule has 0 aliphatic carbocycles. The number of non-ortho nitro benzene ring substituents is 1. The molecular weight excluding hydrogens is 638 g/mol. The van der Waals surface area contributed by atoms with Crippen LogP contribution in [0.4, 0.5) is 5.69 Å². The molecule has 220 valence electrons. The third-order valence-corrected chi connectivity index (χ3v) is 8.24. The quantitative estimate of drug-likeness (QED) is 0.139. The van der Waals surface area contributed by atoms with Crippen molar-refractivity contribution in [2.75, 3.05) is 13.7 Å². The Morgan fingerprint density at radius 2 is 1.84 bits per heavy atom. The number of benzene rings is 3. The van der Waals surface area contributed by atoms with E-state index in [0.29, 0.717) is 37.7 Å². The zero-order valence-corrected chi connectivity index (χ0v) is 25.8. The number of nitrogens with zero attached hydrogens (tertiary/aromatic N) is 3. The molecule has 12 heteroatoms. The molecule has 1 atom stereocenters. The molecule has 3 aromatic carbocycles. The maximum atomic E-state index is 13.8. The molecule has 0 radical (unpaired) electrons. The molecule has 0 unspecified atom stereocenters. The fourth-order valence-corrected chi connectivity index (χ4v) is 5.98. The number of methoxy groups -OCH3 is 1. The van der Waals surface area contributed by atoms with E-state index in [2.05, 4.69) is 20.9 Å². The van der Waals surface area contributed by atoms with Crippen LogP contribution in [0.25, 0.3) is 6.08 Å². The molecule has 1 aromatic heterocycles. The second-order valence-corrected chi connectivity index (χ2v) is 11.4. The van der Waals surface area contributed by atoms with E-state index >= 15 is 0 Å². The maximum Gasteiger partial charge on any atom is 0.338 e. The van der Waals surface area contributed by atoms with Crippen molar-refractivity contribution in [1.29, 1.82) is 0 Å². The lowest BCUT2D eigenvalue weighted by molar-refractivity contribution is -0.384. The van der Waals surface area contributed by atoms with Crippen molar-refractivity contribution >= 4 is 45.0 Å². The topological polar surface area (TPSA) is 122 Å². The van der Waals surface area contributed by atoms with E-state index in [9.17, 15) is 19.7 Å². The highest BCUT2D eigenvalue weighted by molar-refractivity contribution is 9.10. The normalized spacial score (nSPS) is 14.6. The summed E-state index contributed by atoms with van der Waals surface area (Å²) >= 11 is 4.68. The minimum atomic E-state index is -0.699. The van der Waals surface area contributed by atoms with E-state index in [-0.39, 0.29) is 24.5 Å². The molecule has 43 heavy (non-hydrogen) atoms. The highest BCUT2D eigenvalue weighted by atomic mass is 79.9. The van der Waals surface area contributed by atoms with Crippen molar-refractivity contribution in [3.8, 4) is 11.5 Å². The zero-order valence-electron chi connectivity index (χ0n) is 23.4. The van der Waals surface area contributed by atoms with Gasteiger partial charge < -0.3 is 14.2 Å². The number of hydrogen-bond acceptors (Lipinski definition) is 9. The number of carbonyl (C=O) groups excluding carboxylic acids is 1. The van der Waals surface area contributed by atoms with Crippen LogP contribution in [0.1, 0.15) is 36.6 Å². The lowest BCUT2D eigenvalue weighted by Crippen LogP contribution is -2.39. The van der Waals surface area contributed by atoms with Crippen molar-refractivity contribution in [3.05, 3.63) is 129 Å². The van der Waals surface area contributed by atoms with E-state index in [4.69, 9.17) is 14.2 Å². The Labute approximate surface area is 258 Å². The van der Waals surface area contributed by atoms with Gasteiger partial charge in [0.05, 0.1) is 40.5 Å². The molecule has 4 aromatic rings. The van der Waals surface area contributed by atoms with Gasteiger partial charge in [-0.1, -0.05) is 45.5 Å². The number of halogens is 1. The van der Waals surface area contributed by atoms with Crippen LogP contribution in [0.2, 0.25) is 0 Å². The highest BCUT2D eigenvalue weighted by Gasteiger charge is 2.33. The summed E-state index contributed by atoms with van der Waals surface area (Å²) in [6.07, 6.45) is 1.74. The van der Waals surface area contributed by atoms with Crippen LogP contribution >= 0.6 is 27.3 Å². The molecule has 1 aliphatic rings. The minimum Gasteiger partial charge on any atom is -0.493 e. The van der Waals surface area contributed by atoms with Gasteiger partial charge in [-0.3, -0.25) is 19.5 Å². The van der Waals surface area contributed by atoms with Gasteiger partial charge in [-0.25, -0.2) is 9.79 Å². The Morgan fingerprint density at radius 3 is 2.49 bits per heavy atom. The van der Waals surface area contributed by atoms with Crippen LogP contribution in [-0.4, -0.2) is 29.2 Å². The van der Waals surface area contributed by atoms with E-state index in [0.717, 1.165) is 15.6 Å². The summed E-state index contributed by atoms with van der Waals surface area (Å²) in [7, 11) is 1.52. The van der Waals surface area contributed by atoms with E-state index in [1.54, 1.807) is 50.3 Å². The smallest absolute Gasteiger partial charge is 0.338 e. The molecule has 1 aliphatic heterocycles. The predicted octanol–water partition coefficient (Wildman–Crippen LogP) is 5.06. The largest absolute Gasteiger partial charge is 0.493 e. The Hall–Kier alpha value is -4.55. The Morgan fingerprint density at radius 1 is 1.12 bits per heavy atom. The number of fused-ring (bicyclic) bond motifs is 1.